The summed E-state index contributed by atoms with van der Waals surface area (Å²) in [6.07, 6.45) is 10.4. The summed E-state index contributed by atoms with van der Waals surface area (Å²) in [7, 11) is 0. The summed E-state index contributed by atoms with van der Waals surface area (Å²) in [6, 6.07) is 4.16. The van der Waals surface area contributed by atoms with Crippen molar-refractivity contribution in [1.29, 1.82) is 0 Å². The number of rotatable bonds is 6. The van der Waals surface area contributed by atoms with Gasteiger partial charge in [0.25, 0.3) is 0 Å². The molecule has 1 saturated heterocycles. The van der Waals surface area contributed by atoms with E-state index in [0.29, 0.717) is 12.5 Å². The van der Waals surface area contributed by atoms with Gasteiger partial charge in [-0.25, -0.2) is 0 Å². The van der Waals surface area contributed by atoms with Gasteiger partial charge in [-0.2, -0.15) is 0 Å². The van der Waals surface area contributed by atoms with Crippen molar-refractivity contribution in [2.75, 3.05) is 19.6 Å². The number of nitrogens with zero attached hydrogens (tertiary/aromatic N) is 1. The Morgan fingerprint density at radius 1 is 1.30 bits per heavy atom. The Labute approximate surface area is 138 Å². The SMILES string of the molecule is O=C(CC1CC2CCC1C2)NCC(c1ccco1)N1CCCC1. The Morgan fingerprint density at radius 2 is 2.17 bits per heavy atom. The first-order valence-electron chi connectivity index (χ1n) is 9.34. The van der Waals surface area contributed by atoms with Crippen molar-refractivity contribution < 1.29 is 9.21 Å². The lowest BCUT2D eigenvalue weighted by Crippen LogP contribution is -2.37. The molecular weight excluding hydrogens is 288 g/mol. The number of carbonyl (C=O) groups is 1. The summed E-state index contributed by atoms with van der Waals surface area (Å²) in [5.41, 5.74) is 0. The number of hydrogen-bond acceptors (Lipinski definition) is 3. The smallest absolute Gasteiger partial charge is 0.220 e. The van der Waals surface area contributed by atoms with Gasteiger partial charge in [-0.05, 0) is 75.1 Å². The van der Waals surface area contributed by atoms with Crippen molar-refractivity contribution in [3.05, 3.63) is 24.2 Å². The Hall–Kier alpha value is -1.29. The van der Waals surface area contributed by atoms with Gasteiger partial charge in [0.2, 0.25) is 5.91 Å². The minimum Gasteiger partial charge on any atom is -0.468 e. The molecule has 0 spiro atoms. The third-order valence-electron chi connectivity index (χ3n) is 6.28. The van der Waals surface area contributed by atoms with Crippen LogP contribution in [0.5, 0.6) is 0 Å². The largest absolute Gasteiger partial charge is 0.468 e. The summed E-state index contributed by atoms with van der Waals surface area (Å²) in [5.74, 6) is 3.59. The molecule has 2 bridgehead atoms. The molecule has 2 aliphatic carbocycles. The molecule has 4 heteroatoms. The van der Waals surface area contributed by atoms with Gasteiger partial charge in [0.1, 0.15) is 5.76 Å². The lowest BCUT2D eigenvalue weighted by atomic mass is 9.86. The van der Waals surface area contributed by atoms with Gasteiger partial charge in [-0.15, -0.1) is 0 Å². The number of hydrogen-bond donors (Lipinski definition) is 1. The molecule has 4 nitrogen and oxygen atoms in total. The molecule has 126 valence electrons. The number of carbonyl (C=O) groups excluding carboxylic acids is 1. The molecule has 4 unspecified atom stereocenters. The molecule has 3 aliphatic rings. The number of amides is 1. The topological polar surface area (TPSA) is 45.5 Å². The van der Waals surface area contributed by atoms with Crippen molar-refractivity contribution in [1.82, 2.24) is 10.2 Å². The molecule has 2 heterocycles. The zero-order valence-electron chi connectivity index (χ0n) is 13.9. The molecule has 1 aliphatic heterocycles. The van der Waals surface area contributed by atoms with Crippen molar-refractivity contribution in [2.24, 2.45) is 17.8 Å². The van der Waals surface area contributed by atoms with Crippen LogP contribution in [0.3, 0.4) is 0 Å². The zero-order chi connectivity index (χ0) is 15.6. The van der Waals surface area contributed by atoms with Gasteiger partial charge < -0.3 is 9.73 Å². The average molecular weight is 316 g/mol. The first kappa shape index (κ1) is 15.3. The fourth-order valence-electron chi connectivity index (χ4n) is 5.09. The summed E-state index contributed by atoms with van der Waals surface area (Å²) >= 11 is 0. The van der Waals surface area contributed by atoms with E-state index in [2.05, 4.69) is 10.2 Å². The van der Waals surface area contributed by atoms with Crippen molar-refractivity contribution in [3.63, 3.8) is 0 Å². The van der Waals surface area contributed by atoms with E-state index in [1.165, 1.54) is 38.5 Å². The third-order valence-corrected chi connectivity index (χ3v) is 6.28. The first-order chi connectivity index (χ1) is 11.3. The molecule has 4 atom stereocenters. The van der Waals surface area contributed by atoms with Crippen molar-refractivity contribution >= 4 is 5.91 Å². The normalized spacial score (nSPS) is 31.6. The molecule has 1 amide bonds. The summed E-state index contributed by atoms with van der Waals surface area (Å²) in [4.78, 5) is 14.8. The van der Waals surface area contributed by atoms with Crippen molar-refractivity contribution in [2.45, 2.75) is 51.0 Å². The monoisotopic (exact) mass is 316 g/mol. The van der Waals surface area contributed by atoms with E-state index in [1.807, 2.05) is 12.1 Å². The summed E-state index contributed by atoms with van der Waals surface area (Å²) in [5, 5.41) is 3.19. The van der Waals surface area contributed by atoms with E-state index in [0.717, 1.165) is 37.1 Å². The molecule has 1 N–H and O–H groups in total. The van der Waals surface area contributed by atoms with Crippen molar-refractivity contribution in [3.8, 4) is 0 Å². The van der Waals surface area contributed by atoms with Crippen LogP contribution in [0.2, 0.25) is 0 Å². The molecule has 23 heavy (non-hydrogen) atoms. The maximum absolute atomic E-state index is 12.4. The van der Waals surface area contributed by atoms with E-state index in [9.17, 15) is 4.79 Å². The van der Waals surface area contributed by atoms with Crippen LogP contribution in [-0.4, -0.2) is 30.4 Å². The average Bonchev–Trinajstić information content (AvgIpc) is 3.33. The highest BCUT2D eigenvalue weighted by Gasteiger charge is 2.40. The summed E-state index contributed by atoms with van der Waals surface area (Å²) in [6.45, 7) is 2.88. The third kappa shape index (κ3) is 3.32. The van der Waals surface area contributed by atoms with Gasteiger partial charge in [0.15, 0.2) is 0 Å². The Balaban J connectivity index is 1.31. The van der Waals surface area contributed by atoms with Crippen LogP contribution >= 0.6 is 0 Å². The van der Waals surface area contributed by atoms with Gasteiger partial charge in [0.05, 0.1) is 12.3 Å². The fraction of sp³-hybridized carbons (Fsp3) is 0.737. The maximum atomic E-state index is 12.4. The second-order valence-corrected chi connectivity index (χ2v) is 7.72. The van der Waals surface area contributed by atoms with Crippen LogP contribution in [0, 0.1) is 17.8 Å². The molecule has 1 aromatic rings. The number of nitrogens with one attached hydrogen (secondary N) is 1. The van der Waals surface area contributed by atoms with E-state index in [1.54, 1.807) is 6.26 Å². The fourth-order valence-corrected chi connectivity index (χ4v) is 5.09. The van der Waals surface area contributed by atoms with E-state index < -0.39 is 0 Å². The lowest BCUT2D eigenvalue weighted by molar-refractivity contribution is -0.122. The van der Waals surface area contributed by atoms with Crippen LogP contribution < -0.4 is 5.32 Å². The molecule has 1 aromatic heterocycles. The van der Waals surface area contributed by atoms with Crippen LogP contribution in [0.1, 0.15) is 56.7 Å². The quantitative estimate of drug-likeness (QED) is 0.875. The number of fused-ring (bicyclic) bond motifs is 2. The minimum absolute atomic E-state index is 0.191. The molecular formula is C19H28N2O2. The van der Waals surface area contributed by atoms with E-state index in [-0.39, 0.29) is 11.9 Å². The highest BCUT2D eigenvalue weighted by atomic mass is 16.3. The molecule has 0 radical (unpaired) electrons. The Bertz CT molecular complexity index is 521. The Morgan fingerprint density at radius 3 is 2.83 bits per heavy atom. The second kappa shape index (κ2) is 6.68. The maximum Gasteiger partial charge on any atom is 0.220 e. The van der Waals surface area contributed by atoms with Crippen LogP contribution in [0.25, 0.3) is 0 Å². The number of likely N-dealkylation sites (tertiary alicyclic amines) is 1. The van der Waals surface area contributed by atoms with Gasteiger partial charge in [-0.3, -0.25) is 9.69 Å². The second-order valence-electron chi connectivity index (χ2n) is 7.72. The standard InChI is InChI=1S/C19H28N2O2/c22-19(12-16-11-14-5-6-15(16)10-14)20-13-17(18-4-3-9-23-18)21-7-1-2-8-21/h3-4,9,14-17H,1-2,5-8,10-13H2,(H,20,22). The Kier molecular flexibility index (Phi) is 4.43. The predicted molar refractivity (Wildman–Crippen MR) is 88.8 cm³/mol. The van der Waals surface area contributed by atoms with Crippen LogP contribution in [0.4, 0.5) is 0 Å². The summed E-state index contributed by atoms with van der Waals surface area (Å²) < 4.78 is 5.62. The highest BCUT2D eigenvalue weighted by molar-refractivity contribution is 5.76. The van der Waals surface area contributed by atoms with E-state index in [4.69, 9.17) is 4.42 Å². The van der Waals surface area contributed by atoms with Crippen LogP contribution in [-0.2, 0) is 4.79 Å². The molecule has 4 rings (SSSR count). The van der Waals surface area contributed by atoms with E-state index >= 15 is 0 Å². The van der Waals surface area contributed by atoms with Gasteiger partial charge in [-0.1, -0.05) is 6.42 Å². The first-order valence-corrected chi connectivity index (χ1v) is 9.34. The minimum atomic E-state index is 0.191. The van der Waals surface area contributed by atoms with Crippen LogP contribution in [0.15, 0.2) is 22.8 Å². The molecule has 2 saturated carbocycles. The van der Waals surface area contributed by atoms with Gasteiger partial charge >= 0.3 is 0 Å². The highest BCUT2D eigenvalue weighted by Crippen LogP contribution is 2.49. The number of furan rings is 1. The van der Waals surface area contributed by atoms with Gasteiger partial charge in [0, 0.05) is 13.0 Å². The molecule has 0 aromatic carbocycles. The molecule has 3 fully saturated rings. The zero-order valence-corrected chi connectivity index (χ0v) is 13.9. The predicted octanol–water partition coefficient (Wildman–Crippen LogP) is 3.36. The lowest BCUT2D eigenvalue weighted by Gasteiger charge is -2.27.